The Hall–Kier alpha value is -3.24. The van der Waals surface area contributed by atoms with E-state index in [1.54, 1.807) is 91.0 Å². The summed E-state index contributed by atoms with van der Waals surface area (Å²) in [6, 6.07) is 25.6. The number of Topliss-reactive ketones (excluding diaryl/α,β-unsaturated/α-hetero) is 1. The molecule has 0 amide bonds. The Bertz CT molecular complexity index is 834. The van der Waals surface area contributed by atoms with Crippen molar-refractivity contribution in [3.63, 3.8) is 0 Å². The summed E-state index contributed by atoms with van der Waals surface area (Å²) in [4.78, 5) is 25.0. The summed E-state index contributed by atoms with van der Waals surface area (Å²) in [6.45, 7) is -0.440. The van der Waals surface area contributed by atoms with E-state index in [4.69, 9.17) is 4.74 Å². The van der Waals surface area contributed by atoms with E-state index in [-0.39, 0.29) is 5.78 Å². The summed E-state index contributed by atoms with van der Waals surface area (Å²) in [5.41, 5.74) is -0.783. The maximum Gasteiger partial charge on any atom is 0.348 e. The van der Waals surface area contributed by atoms with Gasteiger partial charge in [-0.25, -0.2) is 4.79 Å². The number of rotatable bonds is 6. The topological polar surface area (TPSA) is 63.6 Å². The Labute approximate surface area is 151 Å². The van der Waals surface area contributed by atoms with Crippen LogP contribution in [0.3, 0.4) is 0 Å². The normalized spacial score (nSPS) is 11.0. The van der Waals surface area contributed by atoms with Gasteiger partial charge in [0.2, 0.25) is 5.60 Å². The Morgan fingerprint density at radius 1 is 0.731 bits per heavy atom. The van der Waals surface area contributed by atoms with Crippen LogP contribution in [0.5, 0.6) is 0 Å². The number of benzene rings is 3. The van der Waals surface area contributed by atoms with E-state index >= 15 is 0 Å². The highest BCUT2D eigenvalue weighted by atomic mass is 16.6. The van der Waals surface area contributed by atoms with Crippen molar-refractivity contribution in [2.75, 3.05) is 6.61 Å². The van der Waals surface area contributed by atoms with Gasteiger partial charge in [-0.3, -0.25) is 4.79 Å². The summed E-state index contributed by atoms with van der Waals surface area (Å²) in [7, 11) is 0. The largest absolute Gasteiger partial charge is 0.455 e. The quantitative estimate of drug-likeness (QED) is 0.549. The molecule has 0 unspecified atom stereocenters. The molecule has 3 aromatic rings. The highest BCUT2D eigenvalue weighted by molar-refractivity contribution is 5.98. The molecule has 0 saturated carbocycles. The van der Waals surface area contributed by atoms with Crippen molar-refractivity contribution in [3.8, 4) is 0 Å². The molecule has 0 heterocycles. The van der Waals surface area contributed by atoms with Crippen molar-refractivity contribution < 1.29 is 19.4 Å². The van der Waals surface area contributed by atoms with Gasteiger partial charge in [0.25, 0.3) is 0 Å². The fourth-order valence-electron chi connectivity index (χ4n) is 2.70. The Morgan fingerprint density at radius 3 is 1.62 bits per heavy atom. The molecule has 3 rings (SSSR count). The lowest BCUT2D eigenvalue weighted by molar-refractivity contribution is -0.160. The molecule has 0 bridgehead atoms. The van der Waals surface area contributed by atoms with Crippen LogP contribution < -0.4 is 0 Å². The first-order valence-electron chi connectivity index (χ1n) is 8.21. The van der Waals surface area contributed by atoms with Crippen molar-refractivity contribution >= 4 is 11.8 Å². The summed E-state index contributed by atoms with van der Waals surface area (Å²) in [6.07, 6.45) is 0. The smallest absolute Gasteiger partial charge is 0.348 e. The molecule has 0 aromatic heterocycles. The maximum absolute atomic E-state index is 12.8. The number of ketones is 1. The van der Waals surface area contributed by atoms with Gasteiger partial charge >= 0.3 is 5.97 Å². The van der Waals surface area contributed by atoms with Crippen molar-refractivity contribution in [2.24, 2.45) is 0 Å². The lowest BCUT2D eigenvalue weighted by Crippen LogP contribution is -2.39. The molecular formula is C22H18O4. The molecule has 3 aromatic carbocycles. The number of aliphatic hydroxyl groups is 1. The van der Waals surface area contributed by atoms with Gasteiger partial charge < -0.3 is 9.84 Å². The zero-order chi connectivity index (χ0) is 18.4. The van der Waals surface area contributed by atoms with Gasteiger partial charge in [0.1, 0.15) is 0 Å². The van der Waals surface area contributed by atoms with E-state index in [0.29, 0.717) is 16.7 Å². The molecule has 0 spiro atoms. The first-order valence-corrected chi connectivity index (χ1v) is 8.21. The number of carbonyl (C=O) groups is 2. The molecule has 0 aliphatic heterocycles. The van der Waals surface area contributed by atoms with Crippen LogP contribution in [0.25, 0.3) is 0 Å². The summed E-state index contributed by atoms with van der Waals surface area (Å²) in [5.74, 6) is -1.22. The van der Waals surface area contributed by atoms with Crippen LogP contribution in [-0.2, 0) is 15.1 Å². The average Bonchev–Trinajstić information content (AvgIpc) is 2.73. The molecule has 0 aliphatic rings. The molecule has 0 aliphatic carbocycles. The van der Waals surface area contributed by atoms with Crippen LogP contribution in [0, 0.1) is 0 Å². The Kier molecular flexibility index (Phi) is 5.25. The minimum Gasteiger partial charge on any atom is -0.455 e. The van der Waals surface area contributed by atoms with Gasteiger partial charge in [-0.1, -0.05) is 91.0 Å². The average molecular weight is 346 g/mol. The van der Waals surface area contributed by atoms with Crippen molar-refractivity contribution in [1.29, 1.82) is 0 Å². The second kappa shape index (κ2) is 7.76. The number of ether oxygens (including phenoxy) is 1. The lowest BCUT2D eigenvalue weighted by Gasteiger charge is -2.26. The van der Waals surface area contributed by atoms with Crippen molar-refractivity contribution in [2.45, 2.75) is 5.60 Å². The molecule has 0 atom stereocenters. The van der Waals surface area contributed by atoms with Gasteiger partial charge in [-0.15, -0.1) is 0 Å². The van der Waals surface area contributed by atoms with Gasteiger partial charge in [0.05, 0.1) is 0 Å². The van der Waals surface area contributed by atoms with Crippen LogP contribution in [0.15, 0.2) is 91.0 Å². The van der Waals surface area contributed by atoms with Crippen molar-refractivity contribution in [3.05, 3.63) is 108 Å². The standard InChI is InChI=1S/C22H18O4/c23-20(17-10-4-1-5-11-17)16-26-21(24)22(25,18-12-6-2-7-13-18)19-14-8-3-9-15-19/h1-15,25H,16H2. The van der Waals surface area contributed by atoms with E-state index in [2.05, 4.69) is 0 Å². The van der Waals surface area contributed by atoms with Gasteiger partial charge in [0.15, 0.2) is 12.4 Å². The lowest BCUT2D eigenvalue weighted by atomic mass is 9.86. The second-order valence-electron chi connectivity index (χ2n) is 5.81. The predicted molar refractivity (Wildman–Crippen MR) is 97.6 cm³/mol. The molecular weight excluding hydrogens is 328 g/mol. The van der Waals surface area contributed by atoms with E-state index in [1.165, 1.54) is 0 Å². The number of hydrogen-bond donors (Lipinski definition) is 1. The van der Waals surface area contributed by atoms with Crippen LogP contribution in [0.2, 0.25) is 0 Å². The Balaban J connectivity index is 1.86. The number of carbonyl (C=O) groups excluding carboxylic acids is 2. The highest BCUT2D eigenvalue weighted by Gasteiger charge is 2.41. The van der Waals surface area contributed by atoms with Crippen LogP contribution in [0.1, 0.15) is 21.5 Å². The third-order valence-electron chi connectivity index (χ3n) is 4.11. The minimum absolute atomic E-state index is 0.331. The Morgan fingerprint density at radius 2 is 1.15 bits per heavy atom. The molecule has 4 heteroatoms. The van der Waals surface area contributed by atoms with Crippen LogP contribution in [0.4, 0.5) is 0 Å². The zero-order valence-corrected chi connectivity index (χ0v) is 14.0. The second-order valence-corrected chi connectivity index (χ2v) is 5.81. The van der Waals surface area contributed by atoms with Crippen LogP contribution >= 0.6 is 0 Å². The van der Waals surface area contributed by atoms with E-state index in [1.807, 2.05) is 0 Å². The zero-order valence-electron chi connectivity index (χ0n) is 14.0. The molecule has 0 fully saturated rings. The first kappa shape index (κ1) is 17.6. The SMILES string of the molecule is O=C(COC(=O)C(O)(c1ccccc1)c1ccccc1)c1ccccc1. The fraction of sp³-hybridized carbons (Fsp3) is 0.0909. The van der Waals surface area contributed by atoms with Crippen LogP contribution in [-0.4, -0.2) is 23.5 Å². The first-order chi connectivity index (χ1) is 12.6. The highest BCUT2D eigenvalue weighted by Crippen LogP contribution is 2.31. The number of hydrogen-bond acceptors (Lipinski definition) is 4. The summed E-state index contributed by atoms with van der Waals surface area (Å²) >= 11 is 0. The monoisotopic (exact) mass is 346 g/mol. The summed E-state index contributed by atoms with van der Waals surface area (Å²) in [5, 5.41) is 11.2. The molecule has 1 N–H and O–H groups in total. The fourth-order valence-corrected chi connectivity index (χ4v) is 2.70. The maximum atomic E-state index is 12.8. The summed E-state index contributed by atoms with van der Waals surface area (Å²) < 4.78 is 5.19. The van der Waals surface area contributed by atoms with Crippen molar-refractivity contribution in [1.82, 2.24) is 0 Å². The van der Waals surface area contributed by atoms with Gasteiger partial charge in [-0.05, 0) is 11.1 Å². The number of esters is 1. The van der Waals surface area contributed by atoms with E-state index in [0.717, 1.165) is 0 Å². The third-order valence-corrected chi connectivity index (χ3v) is 4.11. The molecule has 130 valence electrons. The molecule has 26 heavy (non-hydrogen) atoms. The van der Waals surface area contributed by atoms with Gasteiger partial charge in [-0.2, -0.15) is 0 Å². The minimum atomic E-state index is -1.99. The van der Waals surface area contributed by atoms with E-state index in [9.17, 15) is 14.7 Å². The molecule has 0 radical (unpaired) electrons. The van der Waals surface area contributed by atoms with Gasteiger partial charge in [0, 0.05) is 5.56 Å². The molecule has 4 nitrogen and oxygen atoms in total. The molecule has 0 saturated heterocycles. The van der Waals surface area contributed by atoms with E-state index < -0.39 is 18.2 Å². The third kappa shape index (κ3) is 3.55. The predicted octanol–water partition coefficient (Wildman–Crippen LogP) is 3.35.